The van der Waals surface area contributed by atoms with Crippen molar-refractivity contribution >= 4 is 27.7 Å². The maximum Gasteiger partial charge on any atom is 0.407 e. The molecule has 21 heavy (non-hydrogen) atoms. The number of piperidine rings is 1. The fraction of sp³-hybridized carbons (Fsp3) is 0.562. The molecule has 1 saturated heterocycles. The van der Waals surface area contributed by atoms with Crippen molar-refractivity contribution in [2.24, 2.45) is 0 Å². The lowest BCUT2D eigenvalue weighted by Crippen LogP contribution is -2.48. The van der Waals surface area contributed by atoms with Crippen LogP contribution in [-0.4, -0.2) is 41.8 Å². The lowest BCUT2D eigenvalue weighted by atomic mass is 9.88. The average Bonchev–Trinajstić information content (AvgIpc) is 2.62. The van der Waals surface area contributed by atoms with Crippen molar-refractivity contribution in [2.75, 3.05) is 24.5 Å². The van der Waals surface area contributed by atoms with Crippen LogP contribution < -0.4 is 4.90 Å². The summed E-state index contributed by atoms with van der Waals surface area (Å²) in [6.45, 7) is 2.42. The van der Waals surface area contributed by atoms with Gasteiger partial charge in [-0.3, -0.25) is 0 Å². The maximum absolute atomic E-state index is 11.3. The Bertz CT molecular complexity index is 604. The van der Waals surface area contributed by atoms with Crippen molar-refractivity contribution in [1.82, 2.24) is 4.90 Å². The summed E-state index contributed by atoms with van der Waals surface area (Å²) in [6.07, 6.45) is 3.79. The second-order valence-corrected chi connectivity index (χ2v) is 7.26. The van der Waals surface area contributed by atoms with Crippen LogP contribution in [0.2, 0.25) is 0 Å². The monoisotopic (exact) mass is 350 g/mol. The molecule has 1 amide bonds. The van der Waals surface area contributed by atoms with E-state index in [0.717, 1.165) is 23.9 Å². The van der Waals surface area contributed by atoms with Gasteiger partial charge in [0, 0.05) is 41.8 Å². The van der Waals surface area contributed by atoms with E-state index in [1.54, 1.807) is 4.90 Å². The zero-order valence-corrected chi connectivity index (χ0v) is 13.5. The highest BCUT2D eigenvalue weighted by atomic mass is 79.9. The van der Waals surface area contributed by atoms with E-state index in [2.05, 4.69) is 33.0 Å². The number of anilines is 1. The highest BCUT2D eigenvalue weighted by Gasteiger charge is 2.44. The van der Waals surface area contributed by atoms with Crippen molar-refractivity contribution in [3.05, 3.63) is 27.7 Å². The summed E-state index contributed by atoms with van der Waals surface area (Å²) in [4.78, 5) is 15.5. The summed E-state index contributed by atoms with van der Waals surface area (Å²) >= 11 is 3.64. The minimum atomic E-state index is -0.782. The van der Waals surface area contributed by atoms with Crippen LogP contribution in [0.5, 0.6) is 0 Å². The zero-order chi connectivity index (χ0) is 14.6. The number of rotatable bonds is 0. The minimum absolute atomic E-state index is 0.333. The number of benzene rings is 1. The number of fused-ring (bicyclic) bond motifs is 3. The van der Waals surface area contributed by atoms with Crippen molar-refractivity contribution in [1.29, 1.82) is 0 Å². The topological polar surface area (TPSA) is 43.8 Å². The number of carbonyl (C=O) groups is 1. The molecular weight excluding hydrogens is 332 g/mol. The summed E-state index contributed by atoms with van der Waals surface area (Å²) in [7, 11) is 0. The fourth-order valence-electron chi connectivity index (χ4n) is 4.34. The molecule has 3 heterocycles. The standard InChI is InChI=1S/C16H19BrN2O2/c17-11-7-10-3-1-2-5-19-14-4-6-18(16(20)21)9-13(14)12(8-11)15(10)19/h7-8,13-14H,1-6,9H2,(H,20,21). The third-order valence-corrected chi connectivity index (χ3v) is 5.67. The second kappa shape index (κ2) is 4.90. The van der Waals surface area contributed by atoms with E-state index in [4.69, 9.17) is 0 Å². The lowest BCUT2D eigenvalue weighted by molar-refractivity contribution is 0.127. The number of hydrogen-bond donors (Lipinski definition) is 1. The Hall–Kier alpha value is -1.23. The first kappa shape index (κ1) is 13.4. The van der Waals surface area contributed by atoms with Gasteiger partial charge in [0.15, 0.2) is 0 Å². The molecule has 2 atom stereocenters. The fourth-order valence-corrected chi connectivity index (χ4v) is 4.86. The van der Waals surface area contributed by atoms with Gasteiger partial charge in [0.25, 0.3) is 0 Å². The molecule has 0 saturated carbocycles. The number of amides is 1. The van der Waals surface area contributed by atoms with E-state index in [1.165, 1.54) is 29.7 Å². The predicted molar refractivity (Wildman–Crippen MR) is 85.2 cm³/mol. The molecule has 0 spiro atoms. The van der Waals surface area contributed by atoms with Gasteiger partial charge in [0.2, 0.25) is 0 Å². The number of halogens is 1. The highest BCUT2D eigenvalue weighted by Crippen LogP contribution is 2.48. The molecular formula is C16H19BrN2O2. The van der Waals surface area contributed by atoms with E-state index >= 15 is 0 Å². The molecule has 1 N–H and O–H groups in total. The van der Waals surface area contributed by atoms with Crippen molar-refractivity contribution in [3.8, 4) is 0 Å². The Morgan fingerprint density at radius 1 is 1.29 bits per heavy atom. The lowest BCUT2D eigenvalue weighted by Gasteiger charge is -2.37. The minimum Gasteiger partial charge on any atom is -0.465 e. The first-order chi connectivity index (χ1) is 10.1. The molecule has 5 heteroatoms. The first-order valence-corrected chi connectivity index (χ1v) is 8.51. The number of carboxylic acid groups (broad SMARTS) is 1. The molecule has 3 aliphatic rings. The van der Waals surface area contributed by atoms with E-state index in [-0.39, 0.29) is 0 Å². The molecule has 4 nitrogen and oxygen atoms in total. The molecule has 4 rings (SSSR count). The van der Waals surface area contributed by atoms with Crippen LogP contribution in [0.4, 0.5) is 10.5 Å². The van der Waals surface area contributed by atoms with Crippen LogP contribution in [0.3, 0.4) is 0 Å². The number of aryl methyl sites for hydroxylation is 1. The molecule has 0 aromatic heterocycles. The molecule has 3 aliphatic heterocycles. The highest BCUT2D eigenvalue weighted by molar-refractivity contribution is 9.10. The summed E-state index contributed by atoms with van der Waals surface area (Å²) in [5.74, 6) is 0.333. The van der Waals surface area contributed by atoms with E-state index in [1.807, 2.05) is 0 Å². The van der Waals surface area contributed by atoms with Crippen LogP contribution in [0.15, 0.2) is 16.6 Å². The first-order valence-electron chi connectivity index (χ1n) is 7.72. The molecule has 1 fully saturated rings. The summed E-state index contributed by atoms with van der Waals surface area (Å²) < 4.78 is 1.13. The van der Waals surface area contributed by atoms with Crippen LogP contribution in [0.1, 0.15) is 36.3 Å². The summed E-state index contributed by atoms with van der Waals surface area (Å²) in [5.41, 5.74) is 4.21. The Labute approximate surface area is 132 Å². The van der Waals surface area contributed by atoms with E-state index < -0.39 is 6.09 Å². The largest absolute Gasteiger partial charge is 0.465 e. The zero-order valence-electron chi connectivity index (χ0n) is 11.9. The average molecular weight is 351 g/mol. The Morgan fingerprint density at radius 3 is 2.95 bits per heavy atom. The molecule has 0 bridgehead atoms. The molecule has 0 radical (unpaired) electrons. The van der Waals surface area contributed by atoms with Gasteiger partial charge in [-0.25, -0.2) is 4.79 Å². The third kappa shape index (κ3) is 2.05. The molecule has 1 aromatic rings. The summed E-state index contributed by atoms with van der Waals surface area (Å²) in [6, 6.07) is 4.96. The number of likely N-dealkylation sites (tertiary alicyclic amines) is 1. The van der Waals surface area contributed by atoms with Crippen LogP contribution in [-0.2, 0) is 6.42 Å². The third-order valence-electron chi connectivity index (χ3n) is 5.21. The smallest absolute Gasteiger partial charge is 0.407 e. The van der Waals surface area contributed by atoms with Crippen molar-refractivity contribution < 1.29 is 9.90 Å². The van der Waals surface area contributed by atoms with Gasteiger partial charge in [0.05, 0.1) is 0 Å². The maximum atomic E-state index is 11.3. The summed E-state index contributed by atoms with van der Waals surface area (Å²) in [5, 5.41) is 9.30. The molecule has 1 aromatic carbocycles. The van der Waals surface area contributed by atoms with Crippen LogP contribution in [0.25, 0.3) is 0 Å². The van der Waals surface area contributed by atoms with Crippen LogP contribution in [0, 0.1) is 0 Å². The second-order valence-electron chi connectivity index (χ2n) is 6.34. The van der Waals surface area contributed by atoms with Gasteiger partial charge in [-0.05, 0) is 48.9 Å². The van der Waals surface area contributed by atoms with Crippen molar-refractivity contribution in [2.45, 2.75) is 37.6 Å². The Balaban J connectivity index is 1.80. The van der Waals surface area contributed by atoms with Gasteiger partial charge in [-0.1, -0.05) is 15.9 Å². The molecule has 2 unspecified atom stereocenters. The SMILES string of the molecule is O=C(O)N1CCC2C(C1)c1cc(Br)cc3c1N2CCCC3. The number of nitrogens with zero attached hydrogens (tertiary/aromatic N) is 2. The molecule has 112 valence electrons. The van der Waals surface area contributed by atoms with Gasteiger partial charge in [0.1, 0.15) is 0 Å². The Kier molecular flexibility index (Phi) is 3.14. The Morgan fingerprint density at radius 2 is 2.14 bits per heavy atom. The van der Waals surface area contributed by atoms with Crippen molar-refractivity contribution in [3.63, 3.8) is 0 Å². The van der Waals surface area contributed by atoms with E-state index in [9.17, 15) is 9.90 Å². The number of hydrogen-bond acceptors (Lipinski definition) is 2. The van der Waals surface area contributed by atoms with Gasteiger partial charge < -0.3 is 14.9 Å². The van der Waals surface area contributed by atoms with Gasteiger partial charge in [-0.15, -0.1) is 0 Å². The normalized spacial score (nSPS) is 27.1. The van der Waals surface area contributed by atoms with Gasteiger partial charge in [-0.2, -0.15) is 0 Å². The quantitative estimate of drug-likeness (QED) is 0.779. The predicted octanol–water partition coefficient (Wildman–Crippen LogP) is 3.44. The van der Waals surface area contributed by atoms with Crippen LogP contribution >= 0.6 is 15.9 Å². The van der Waals surface area contributed by atoms with Gasteiger partial charge >= 0.3 is 6.09 Å². The molecule has 0 aliphatic carbocycles. The van der Waals surface area contributed by atoms with E-state index in [0.29, 0.717) is 25.0 Å².